The second kappa shape index (κ2) is 9.71. The molecule has 0 aliphatic heterocycles. The van der Waals surface area contributed by atoms with Crippen LogP contribution < -0.4 is 20.6 Å². The predicted molar refractivity (Wildman–Crippen MR) is 147 cm³/mol. The molecule has 0 aliphatic carbocycles. The van der Waals surface area contributed by atoms with E-state index < -0.39 is 33.9 Å². The van der Waals surface area contributed by atoms with Crippen LogP contribution in [0.25, 0.3) is 44.6 Å². The predicted octanol–water partition coefficient (Wildman–Crippen LogP) is 4.84. The molecule has 2 aromatic heterocycles. The molecule has 0 saturated carbocycles. The maximum absolute atomic E-state index is 12.8. The van der Waals surface area contributed by atoms with Gasteiger partial charge in [-0.15, -0.1) is 0 Å². The van der Waals surface area contributed by atoms with E-state index in [1.807, 2.05) is 0 Å². The van der Waals surface area contributed by atoms with Crippen LogP contribution in [0, 0.1) is 0 Å². The number of rotatable bonds is 5. The Morgan fingerprint density at radius 1 is 0.500 bits per heavy atom. The maximum Gasteiger partial charge on any atom is 0.238 e. The first-order valence-corrected chi connectivity index (χ1v) is 12.1. The SMILES string of the molecule is O=c1c(O)c(-c2ccc(O)cc2)oc2cc(OOc3cc(O)c4c(=O)c(O)c(-c5ccc(O)cc5)oc4c3)cc(O)c12. The van der Waals surface area contributed by atoms with E-state index >= 15 is 0 Å². The van der Waals surface area contributed by atoms with Crippen molar-refractivity contribution >= 4 is 21.9 Å². The summed E-state index contributed by atoms with van der Waals surface area (Å²) in [7, 11) is 0. The molecule has 6 N–H and O–H groups in total. The van der Waals surface area contributed by atoms with E-state index in [1.54, 1.807) is 0 Å². The molecule has 210 valence electrons. The van der Waals surface area contributed by atoms with Gasteiger partial charge in [0.1, 0.15) is 44.9 Å². The summed E-state index contributed by atoms with van der Waals surface area (Å²) >= 11 is 0. The molecule has 0 fully saturated rings. The lowest BCUT2D eigenvalue weighted by atomic mass is 10.1. The minimum absolute atomic E-state index is 0.0424. The Morgan fingerprint density at radius 3 is 1.21 bits per heavy atom. The molecule has 6 rings (SSSR count). The van der Waals surface area contributed by atoms with Gasteiger partial charge in [-0.05, 0) is 48.5 Å². The molecular formula is C30H18O12. The quantitative estimate of drug-likeness (QED) is 0.122. The fraction of sp³-hybridized carbons (Fsp3) is 0. The fourth-order valence-corrected chi connectivity index (χ4v) is 4.34. The summed E-state index contributed by atoms with van der Waals surface area (Å²) in [6.45, 7) is 0. The molecular weight excluding hydrogens is 552 g/mol. The van der Waals surface area contributed by atoms with E-state index in [4.69, 9.17) is 18.6 Å². The van der Waals surface area contributed by atoms with Crippen molar-refractivity contribution in [2.45, 2.75) is 0 Å². The summed E-state index contributed by atoms with van der Waals surface area (Å²) in [5.41, 5.74) is -1.60. The molecule has 0 saturated heterocycles. The van der Waals surface area contributed by atoms with Gasteiger partial charge in [0.2, 0.25) is 22.4 Å². The van der Waals surface area contributed by atoms with E-state index in [2.05, 4.69) is 0 Å². The molecule has 6 aromatic rings. The summed E-state index contributed by atoms with van der Waals surface area (Å²) in [6.07, 6.45) is 0. The van der Waals surface area contributed by atoms with Crippen molar-refractivity contribution in [2.24, 2.45) is 0 Å². The number of phenols is 4. The van der Waals surface area contributed by atoms with Crippen LogP contribution in [0.4, 0.5) is 0 Å². The van der Waals surface area contributed by atoms with Crippen molar-refractivity contribution in [3.63, 3.8) is 0 Å². The first-order chi connectivity index (χ1) is 20.1. The smallest absolute Gasteiger partial charge is 0.238 e. The number of aromatic hydroxyl groups is 6. The van der Waals surface area contributed by atoms with Crippen LogP contribution in [0.5, 0.6) is 46.0 Å². The number of phenolic OH excluding ortho intramolecular Hbond substituents is 4. The molecule has 0 amide bonds. The molecule has 0 spiro atoms. The van der Waals surface area contributed by atoms with Crippen LogP contribution in [0.1, 0.15) is 0 Å². The molecule has 2 heterocycles. The van der Waals surface area contributed by atoms with Gasteiger partial charge in [-0.3, -0.25) is 19.4 Å². The van der Waals surface area contributed by atoms with Gasteiger partial charge in [-0.1, -0.05) is 0 Å². The zero-order valence-electron chi connectivity index (χ0n) is 21.1. The molecule has 0 radical (unpaired) electrons. The molecule has 0 atom stereocenters. The third kappa shape index (κ3) is 4.38. The molecule has 4 aromatic carbocycles. The average Bonchev–Trinajstić information content (AvgIpc) is 2.96. The lowest BCUT2D eigenvalue weighted by Gasteiger charge is -2.11. The number of hydrogen-bond acceptors (Lipinski definition) is 12. The highest BCUT2D eigenvalue weighted by Gasteiger charge is 2.21. The van der Waals surface area contributed by atoms with Crippen LogP contribution in [-0.2, 0) is 0 Å². The van der Waals surface area contributed by atoms with Gasteiger partial charge < -0.3 is 39.5 Å². The Kier molecular flexibility index (Phi) is 6.00. The van der Waals surface area contributed by atoms with Crippen molar-refractivity contribution in [1.29, 1.82) is 0 Å². The highest BCUT2D eigenvalue weighted by atomic mass is 17.2. The maximum atomic E-state index is 12.8. The Bertz CT molecular complexity index is 1970. The number of hydrogen-bond donors (Lipinski definition) is 6. The zero-order valence-corrected chi connectivity index (χ0v) is 21.1. The van der Waals surface area contributed by atoms with Crippen LogP contribution in [0.15, 0.2) is 91.2 Å². The van der Waals surface area contributed by atoms with Crippen molar-refractivity contribution in [3.05, 3.63) is 93.2 Å². The molecule has 0 bridgehead atoms. The van der Waals surface area contributed by atoms with Crippen molar-refractivity contribution < 1.29 is 49.2 Å². The third-order valence-electron chi connectivity index (χ3n) is 6.34. The van der Waals surface area contributed by atoms with E-state index in [0.717, 1.165) is 12.1 Å². The van der Waals surface area contributed by atoms with Crippen molar-refractivity contribution in [1.82, 2.24) is 0 Å². The third-order valence-corrected chi connectivity index (χ3v) is 6.34. The second-order valence-corrected chi connectivity index (χ2v) is 9.11. The molecule has 42 heavy (non-hydrogen) atoms. The number of benzene rings is 4. The topological polar surface area (TPSA) is 200 Å². The van der Waals surface area contributed by atoms with E-state index in [9.17, 15) is 40.2 Å². The average molecular weight is 570 g/mol. The van der Waals surface area contributed by atoms with E-state index in [0.29, 0.717) is 0 Å². The lowest BCUT2D eigenvalue weighted by molar-refractivity contribution is -0.1000. The molecule has 0 unspecified atom stereocenters. The summed E-state index contributed by atoms with van der Waals surface area (Å²) < 4.78 is 11.4. The zero-order chi connectivity index (χ0) is 29.7. The van der Waals surface area contributed by atoms with Gasteiger partial charge in [-0.2, -0.15) is 0 Å². The van der Waals surface area contributed by atoms with Gasteiger partial charge in [-0.25, -0.2) is 0 Å². The fourth-order valence-electron chi connectivity index (χ4n) is 4.34. The van der Waals surface area contributed by atoms with Crippen LogP contribution in [0.2, 0.25) is 0 Å². The summed E-state index contributed by atoms with van der Waals surface area (Å²) in [5, 5.41) is 60.2. The Balaban J connectivity index is 1.37. The Labute approximate surface area is 233 Å². The van der Waals surface area contributed by atoms with Crippen molar-refractivity contribution in [2.75, 3.05) is 0 Å². The Hall–Kier alpha value is -6.30. The molecule has 0 aliphatic rings. The molecule has 12 heteroatoms. The number of fused-ring (bicyclic) bond motifs is 2. The lowest BCUT2D eigenvalue weighted by Crippen LogP contribution is -2.06. The van der Waals surface area contributed by atoms with Crippen molar-refractivity contribution in [3.8, 4) is 68.6 Å². The standard InChI is InChI=1S/C30H18O12/c31-15-5-1-13(2-6-15)29-27(37)25(35)23-19(33)9-17(11-21(23)39-29)41-42-18-10-20(34)24-22(12-18)40-30(28(38)26(24)36)14-3-7-16(32)8-4-14/h1-12,31-34,37-38H. The van der Waals surface area contributed by atoms with Gasteiger partial charge in [0, 0.05) is 35.4 Å². The first-order valence-electron chi connectivity index (χ1n) is 12.1. The first kappa shape index (κ1) is 26.0. The van der Waals surface area contributed by atoms with Gasteiger partial charge >= 0.3 is 0 Å². The van der Waals surface area contributed by atoms with E-state index in [-0.39, 0.29) is 67.6 Å². The normalized spacial score (nSPS) is 11.1. The Morgan fingerprint density at radius 2 is 0.857 bits per heavy atom. The largest absolute Gasteiger partial charge is 0.508 e. The highest BCUT2D eigenvalue weighted by molar-refractivity contribution is 5.89. The van der Waals surface area contributed by atoms with Gasteiger partial charge in [0.15, 0.2) is 23.0 Å². The monoisotopic (exact) mass is 570 g/mol. The minimum Gasteiger partial charge on any atom is -0.508 e. The highest BCUT2D eigenvalue weighted by Crippen LogP contribution is 2.38. The minimum atomic E-state index is -0.911. The summed E-state index contributed by atoms with van der Waals surface area (Å²) in [4.78, 5) is 36.1. The van der Waals surface area contributed by atoms with Gasteiger partial charge in [0.05, 0.1) is 0 Å². The van der Waals surface area contributed by atoms with Gasteiger partial charge in [0.25, 0.3) is 0 Å². The summed E-state index contributed by atoms with van der Waals surface area (Å²) in [6, 6.07) is 15.5. The van der Waals surface area contributed by atoms with Crippen LogP contribution in [-0.4, -0.2) is 30.6 Å². The van der Waals surface area contributed by atoms with Crippen LogP contribution in [0.3, 0.4) is 0 Å². The second-order valence-electron chi connectivity index (χ2n) is 9.11. The van der Waals surface area contributed by atoms with E-state index in [1.165, 1.54) is 60.7 Å². The van der Waals surface area contributed by atoms with Crippen LogP contribution >= 0.6 is 0 Å². The molecule has 12 nitrogen and oxygen atoms in total. The summed E-state index contributed by atoms with van der Waals surface area (Å²) in [5.74, 6) is -3.50.